The first kappa shape index (κ1) is 54.6. The number of rotatable bonds is 16. The number of aliphatic hydroxyl groups is 2. The highest BCUT2D eigenvalue weighted by molar-refractivity contribution is 6.30. The van der Waals surface area contributed by atoms with Crippen molar-refractivity contribution in [3.05, 3.63) is 125 Å². The van der Waals surface area contributed by atoms with Gasteiger partial charge in [-0.3, -0.25) is 19.0 Å². The Morgan fingerprint density at radius 3 is 1.55 bits per heavy atom. The Bertz CT molecular complexity index is 3460. The third kappa shape index (κ3) is 13.3. The predicted molar refractivity (Wildman–Crippen MR) is 282 cm³/mol. The van der Waals surface area contributed by atoms with Crippen LogP contribution in [0.2, 0.25) is 5.15 Å². The van der Waals surface area contributed by atoms with Crippen LogP contribution in [-0.4, -0.2) is 95.4 Å². The van der Waals surface area contributed by atoms with Gasteiger partial charge in [-0.15, -0.1) is 0 Å². The molecule has 2 saturated carbocycles. The van der Waals surface area contributed by atoms with Gasteiger partial charge in [-0.2, -0.15) is 19.0 Å². The topological polar surface area (TPSA) is 294 Å². The molecule has 8 aromatic rings. The molecule has 0 unspecified atom stereocenters. The molecule has 8 heterocycles. The van der Waals surface area contributed by atoms with Crippen LogP contribution in [-0.2, 0) is 25.3 Å². The summed E-state index contributed by atoms with van der Waals surface area (Å²) in [7, 11) is 6.62. The number of carbonyl (C=O) groups excluding carboxylic acids is 2. The van der Waals surface area contributed by atoms with Gasteiger partial charge < -0.3 is 41.4 Å². The number of carbonyl (C=O) groups is 2. The van der Waals surface area contributed by atoms with Crippen LogP contribution in [0.3, 0.4) is 0 Å². The van der Waals surface area contributed by atoms with E-state index in [0.717, 1.165) is 25.7 Å². The fourth-order valence-electron chi connectivity index (χ4n) is 7.70. The summed E-state index contributed by atoms with van der Waals surface area (Å²) in [6.07, 6.45) is 12.9. The van der Waals surface area contributed by atoms with Crippen LogP contribution < -0.4 is 31.2 Å². The maximum atomic E-state index is 14.5. The lowest BCUT2D eigenvalue weighted by Gasteiger charge is -2.18. The Labute approximate surface area is 445 Å². The van der Waals surface area contributed by atoms with Gasteiger partial charge in [0, 0.05) is 67.9 Å². The summed E-state index contributed by atoms with van der Waals surface area (Å²) in [5.74, 6) is 1.82. The standard InChI is InChI=1S/C26H27FN8O3.C18H17ClN6O2.C8H11FN2O/c1-26(2,37)17-7-8-19(33-23(17)27)32-20-11-18(16(12-29-20)21(36)14-5-6-14)31-25-22(38-4)15(9-10-28-25)24-30-13-35(3)34-24;1-25-9-22-17(24-25)11-5-6-20-18(16(11)27-2)23-13-7-14(19)21-8-12(13)15(26)10-3-4-10;1-8(2,12)5-3-4-6(10)11-7(5)9/h7-14,37H,5-6H2,1-4H3,(H2,28,29,31,32,33);5-10H,3-4H2,1-2H3,(H,20,21,23);3-4,12H,1-2H3,(H2,10,11). The summed E-state index contributed by atoms with van der Waals surface area (Å²) in [5, 5.41) is 37.8. The monoisotopic (exact) mass is 1070 g/mol. The van der Waals surface area contributed by atoms with E-state index in [1.54, 1.807) is 85.9 Å². The maximum absolute atomic E-state index is 14.5. The van der Waals surface area contributed by atoms with Gasteiger partial charge in [-0.25, -0.2) is 39.9 Å². The number of ketones is 2. The van der Waals surface area contributed by atoms with E-state index in [9.17, 15) is 28.6 Å². The number of ether oxygens (including phenoxy) is 2. The van der Waals surface area contributed by atoms with Gasteiger partial charge in [0.25, 0.3) is 0 Å². The Morgan fingerprint density at radius 1 is 0.649 bits per heavy atom. The van der Waals surface area contributed by atoms with E-state index >= 15 is 0 Å². The fraction of sp³-hybridized carbons (Fsp3) is 0.308. The number of nitrogens with one attached hydrogen (secondary N) is 3. The molecule has 0 aromatic carbocycles. The third-order valence-electron chi connectivity index (χ3n) is 11.9. The van der Waals surface area contributed by atoms with Crippen LogP contribution in [0.1, 0.15) is 85.2 Å². The van der Waals surface area contributed by atoms with Crippen molar-refractivity contribution < 1.29 is 38.1 Å². The normalized spacial score (nSPS) is 13.1. The van der Waals surface area contributed by atoms with Crippen molar-refractivity contribution in [3.8, 4) is 34.3 Å². The van der Waals surface area contributed by atoms with Crippen molar-refractivity contribution in [2.75, 3.05) is 35.9 Å². The maximum Gasteiger partial charge on any atom is 0.220 e. The van der Waals surface area contributed by atoms with Crippen LogP contribution in [0.5, 0.6) is 11.5 Å². The molecule has 0 saturated heterocycles. The third-order valence-corrected chi connectivity index (χ3v) is 12.1. The average molecular weight is 1070 g/mol. The molecule has 2 aliphatic carbocycles. The molecule has 22 nitrogen and oxygen atoms in total. The van der Waals surface area contributed by atoms with Crippen LogP contribution >= 0.6 is 11.6 Å². The number of hydrogen-bond donors (Lipinski definition) is 6. The van der Waals surface area contributed by atoms with E-state index in [-0.39, 0.29) is 51.3 Å². The fourth-order valence-corrected chi connectivity index (χ4v) is 7.86. The molecule has 25 heteroatoms. The van der Waals surface area contributed by atoms with E-state index in [2.05, 4.69) is 66.0 Å². The lowest BCUT2D eigenvalue weighted by molar-refractivity contribution is 0.0730. The lowest BCUT2D eigenvalue weighted by Crippen LogP contribution is -2.18. The minimum Gasteiger partial charge on any atom is -0.492 e. The number of methoxy groups -OCH3 is 2. The molecule has 0 spiro atoms. The molecule has 0 amide bonds. The van der Waals surface area contributed by atoms with Gasteiger partial charge >= 0.3 is 0 Å². The van der Waals surface area contributed by atoms with E-state index in [1.165, 1.54) is 65.4 Å². The highest BCUT2D eigenvalue weighted by Gasteiger charge is 2.34. The molecule has 400 valence electrons. The van der Waals surface area contributed by atoms with E-state index in [1.807, 2.05) is 0 Å². The molecule has 0 radical (unpaired) electrons. The summed E-state index contributed by atoms with van der Waals surface area (Å²) in [6, 6.07) is 12.6. The van der Waals surface area contributed by atoms with Gasteiger partial charge in [0.15, 0.2) is 46.4 Å². The lowest BCUT2D eigenvalue weighted by atomic mass is 10.0. The molecule has 8 aromatic heterocycles. The number of nitrogens with two attached hydrogens (primary N) is 1. The number of nitrogen functional groups attached to an aromatic ring is 1. The number of halogens is 3. The average Bonchev–Trinajstić information content (AvgIpc) is 4.32. The highest BCUT2D eigenvalue weighted by atomic mass is 35.5. The second kappa shape index (κ2) is 22.7. The molecule has 2 aliphatic rings. The van der Waals surface area contributed by atoms with E-state index in [0.29, 0.717) is 74.2 Å². The number of aromatic nitrogens is 12. The van der Waals surface area contributed by atoms with E-state index in [4.69, 9.17) is 26.8 Å². The minimum atomic E-state index is -1.37. The number of anilines is 7. The van der Waals surface area contributed by atoms with Crippen molar-refractivity contribution >= 4 is 63.6 Å². The zero-order chi connectivity index (χ0) is 55.3. The molecule has 0 atom stereocenters. The Kier molecular flexibility index (Phi) is 16.1. The molecule has 7 N–H and O–H groups in total. The summed E-state index contributed by atoms with van der Waals surface area (Å²) >= 11 is 6.05. The van der Waals surface area contributed by atoms with Gasteiger partial charge in [0.05, 0.1) is 59.1 Å². The van der Waals surface area contributed by atoms with Gasteiger partial charge in [0.1, 0.15) is 35.3 Å². The number of aryl methyl sites for hydroxylation is 2. The molecule has 10 rings (SSSR count). The number of nitrogens with zero attached hydrogens (tertiary/aromatic N) is 12. The van der Waals surface area contributed by atoms with Crippen LogP contribution in [0.25, 0.3) is 22.8 Å². The van der Waals surface area contributed by atoms with E-state index < -0.39 is 23.1 Å². The molecular weight excluding hydrogens is 1020 g/mol. The summed E-state index contributed by atoms with van der Waals surface area (Å²) in [6.45, 7) is 5.94. The Balaban J connectivity index is 0.000000174. The smallest absolute Gasteiger partial charge is 0.220 e. The van der Waals surface area contributed by atoms with Crippen LogP contribution in [0.15, 0.2) is 86.0 Å². The first-order chi connectivity index (χ1) is 36.6. The second-order valence-electron chi connectivity index (χ2n) is 19.0. The minimum absolute atomic E-state index is 0.0215. The number of pyridine rings is 6. The van der Waals surface area contributed by atoms with Crippen molar-refractivity contribution in [1.29, 1.82) is 0 Å². The zero-order valence-electron chi connectivity index (χ0n) is 43.2. The van der Waals surface area contributed by atoms with Gasteiger partial charge in [-0.05, 0) is 95.8 Å². The first-order valence-corrected chi connectivity index (χ1v) is 24.4. The zero-order valence-corrected chi connectivity index (χ0v) is 43.9. The summed E-state index contributed by atoms with van der Waals surface area (Å²) < 4.78 is 41.9. The van der Waals surface area contributed by atoms with Crippen molar-refractivity contribution in [2.24, 2.45) is 25.9 Å². The molecule has 77 heavy (non-hydrogen) atoms. The van der Waals surface area contributed by atoms with Crippen molar-refractivity contribution in [2.45, 2.75) is 64.6 Å². The Hall–Kier alpha value is -8.61. The second-order valence-corrected chi connectivity index (χ2v) is 19.4. The molecular formula is C52H55ClF2N16O6. The van der Waals surface area contributed by atoms with Crippen molar-refractivity contribution in [3.63, 3.8) is 0 Å². The molecule has 2 fully saturated rings. The first-order valence-electron chi connectivity index (χ1n) is 24.0. The van der Waals surface area contributed by atoms with Crippen molar-refractivity contribution in [1.82, 2.24) is 59.4 Å². The largest absolute Gasteiger partial charge is 0.492 e. The van der Waals surface area contributed by atoms with Crippen LogP contribution in [0, 0.1) is 23.7 Å². The summed E-state index contributed by atoms with van der Waals surface area (Å²) in [5.41, 5.74) is 6.07. The Morgan fingerprint density at radius 2 is 1.12 bits per heavy atom. The SMILES string of the molecule is CC(C)(O)c1ccc(N)nc1F.COc1c(-c2ncn(C)n2)ccnc1Nc1cc(Cl)ncc1C(=O)C1CC1.COc1c(-c2ncn(C)n2)ccnc1Nc1cc(Nc2ccc(C(C)(C)O)c(F)n2)ncc1C(=O)C1CC1. The van der Waals surface area contributed by atoms with Gasteiger partial charge in [0.2, 0.25) is 11.9 Å². The van der Waals surface area contributed by atoms with Gasteiger partial charge in [-0.1, -0.05) is 11.6 Å². The predicted octanol–water partition coefficient (Wildman–Crippen LogP) is 8.42. The molecule has 0 aliphatic heterocycles. The quantitative estimate of drug-likeness (QED) is 0.0391. The molecule has 0 bridgehead atoms. The summed E-state index contributed by atoms with van der Waals surface area (Å²) in [4.78, 5) is 58.7. The number of hydrogen-bond acceptors (Lipinski definition) is 20. The van der Waals surface area contributed by atoms with Crippen LogP contribution in [0.4, 0.5) is 49.2 Å². The highest BCUT2D eigenvalue weighted by Crippen LogP contribution is 2.41. The number of Topliss-reactive ketones (excluding diaryl/α,β-unsaturated/α-hetero) is 2.